The Morgan fingerprint density at radius 1 is 1.40 bits per heavy atom. The fraction of sp³-hybridized carbons (Fsp3) is 0.750. The Labute approximate surface area is 122 Å². The van der Waals surface area contributed by atoms with Crippen LogP contribution in [-0.4, -0.2) is 23.1 Å². The van der Waals surface area contributed by atoms with Crippen molar-refractivity contribution >= 4 is 5.95 Å². The smallest absolute Gasteiger partial charge is 0.225 e. The molecular formula is C16H27N3O. The third kappa shape index (κ3) is 4.99. The van der Waals surface area contributed by atoms with Crippen molar-refractivity contribution in [3.05, 3.63) is 12.3 Å². The third-order valence-electron chi connectivity index (χ3n) is 3.96. The normalized spacial score (nSPS) is 22.5. The molecule has 0 amide bonds. The van der Waals surface area contributed by atoms with Gasteiger partial charge in [0.1, 0.15) is 0 Å². The third-order valence-corrected chi connectivity index (χ3v) is 3.96. The highest BCUT2D eigenvalue weighted by atomic mass is 16.5. The fourth-order valence-corrected chi connectivity index (χ4v) is 2.92. The molecule has 1 aliphatic carbocycles. The molecule has 2 rings (SSSR count). The summed E-state index contributed by atoms with van der Waals surface area (Å²) < 4.78 is 5.52. The zero-order valence-electron chi connectivity index (χ0n) is 12.8. The molecule has 1 fully saturated rings. The van der Waals surface area contributed by atoms with E-state index in [4.69, 9.17) is 4.74 Å². The number of hydrogen-bond donors (Lipinski definition) is 1. The van der Waals surface area contributed by atoms with Crippen molar-refractivity contribution in [3.8, 4) is 5.88 Å². The van der Waals surface area contributed by atoms with Gasteiger partial charge < -0.3 is 10.1 Å². The van der Waals surface area contributed by atoms with Crippen LogP contribution in [0.15, 0.2) is 12.3 Å². The molecule has 1 saturated carbocycles. The van der Waals surface area contributed by atoms with Gasteiger partial charge in [-0.1, -0.05) is 33.1 Å². The number of rotatable bonds is 7. The van der Waals surface area contributed by atoms with Crippen molar-refractivity contribution in [2.24, 2.45) is 11.8 Å². The molecule has 20 heavy (non-hydrogen) atoms. The molecule has 0 spiro atoms. The lowest BCUT2D eigenvalue weighted by atomic mass is 9.81. The number of nitrogens with zero attached hydrogens (tertiary/aromatic N) is 2. The molecule has 1 aromatic heterocycles. The highest BCUT2D eigenvalue weighted by Gasteiger charge is 2.18. The lowest BCUT2D eigenvalue weighted by molar-refractivity contribution is 0.274. The van der Waals surface area contributed by atoms with Gasteiger partial charge in [-0.25, -0.2) is 4.98 Å². The van der Waals surface area contributed by atoms with E-state index in [9.17, 15) is 0 Å². The summed E-state index contributed by atoms with van der Waals surface area (Å²) in [6.45, 7) is 6.12. The van der Waals surface area contributed by atoms with Crippen LogP contribution in [0.1, 0.15) is 52.4 Å². The predicted octanol–water partition coefficient (Wildman–Crippen LogP) is 3.89. The topological polar surface area (TPSA) is 47.0 Å². The van der Waals surface area contributed by atoms with Crippen LogP contribution in [0.2, 0.25) is 0 Å². The molecule has 1 aromatic rings. The minimum absolute atomic E-state index is 0.663. The second kappa shape index (κ2) is 8.08. The highest BCUT2D eigenvalue weighted by Crippen LogP contribution is 2.30. The molecular weight excluding hydrogens is 250 g/mol. The van der Waals surface area contributed by atoms with E-state index in [1.807, 2.05) is 6.07 Å². The predicted molar refractivity (Wildman–Crippen MR) is 82.0 cm³/mol. The van der Waals surface area contributed by atoms with Gasteiger partial charge in [0.15, 0.2) is 0 Å². The fourth-order valence-electron chi connectivity index (χ4n) is 2.92. The molecule has 4 nitrogen and oxygen atoms in total. The molecule has 0 aliphatic heterocycles. The molecule has 1 heterocycles. The minimum Gasteiger partial charge on any atom is -0.478 e. The number of aromatic nitrogens is 2. The SMILES string of the molecule is CCCOc1ccnc(NCCC2CCCC(C)C2)n1. The summed E-state index contributed by atoms with van der Waals surface area (Å²) in [5.74, 6) is 3.11. The molecule has 0 bridgehead atoms. The Balaban J connectivity index is 1.73. The summed E-state index contributed by atoms with van der Waals surface area (Å²) in [4.78, 5) is 8.61. The van der Waals surface area contributed by atoms with Gasteiger partial charge in [-0.15, -0.1) is 0 Å². The molecule has 1 aliphatic rings. The largest absolute Gasteiger partial charge is 0.478 e. The summed E-state index contributed by atoms with van der Waals surface area (Å²) in [6.07, 6.45) is 9.52. The van der Waals surface area contributed by atoms with Gasteiger partial charge in [-0.3, -0.25) is 0 Å². The van der Waals surface area contributed by atoms with Crippen LogP contribution in [0.4, 0.5) is 5.95 Å². The molecule has 0 aromatic carbocycles. The minimum atomic E-state index is 0.663. The van der Waals surface area contributed by atoms with Gasteiger partial charge in [0.25, 0.3) is 0 Å². The van der Waals surface area contributed by atoms with Crippen LogP contribution in [-0.2, 0) is 0 Å². The summed E-state index contributed by atoms with van der Waals surface area (Å²) >= 11 is 0. The Kier molecular flexibility index (Phi) is 6.09. The van der Waals surface area contributed by atoms with Crippen molar-refractivity contribution in [2.75, 3.05) is 18.5 Å². The quantitative estimate of drug-likeness (QED) is 0.821. The van der Waals surface area contributed by atoms with Gasteiger partial charge in [-0.05, 0) is 31.1 Å². The zero-order valence-corrected chi connectivity index (χ0v) is 12.8. The van der Waals surface area contributed by atoms with Crippen molar-refractivity contribution in [1.82, 2.24) is 9.97 Å². The lowest BCUT2D eigenvalue weighted by Gasteiger charge is -2.26. The van der Waals surface area contributed by atoms with Crippen molar-refractivity contribution in [1.29, 1.82) is 0 Å². The zero-order chi connectivity index (χ0) is 14.2. The number of ether oxygens (including phenoxy) is 1. The second-order valence-electron chi connectivity index (χ2n) is 5.92. The first kappa shape index (κ1) is 15.1. The number of hydrogen-bond acceptors (Lipinski definition) is 4. The Morgan fingerprint density at radius 2 is 2.30 bits per heavy atom. The van der Waals surface area contributed by atoms with Crippen molar-refractivity contribution < 1.29 is 4.74 Å². The first-order valence-corrected chi connectivity index (χ1v) is 7.97. The van der Waals surface area contributed by atoms with E-state index in [1.54, 1.807) is 6.20 Å². The number of nitrogens with one attached hydrogen (secondary N) is 1. The van der Waals surface area contributed by atoms with E-state index in [0.717, 1.165) is 24.8 Å². The standard InChI is InChI=1S/C16H27N3O/c1-3-11-20-15-8-10-18-16(19-15)17-9-7-14-6-4-5-13(2)12-14/h8,10,13-14H,3-7,9,11-12H2,1-2H3,(H,17,18,19). The van der Waals surface area contributed by atoms with E-state index < -0.39 is 0 Å². The van der Waals surface area contributed by atoms with Crippen LogP contribution < -0.4 is 10.1 Å². The molecule has 112 valence electrons. The summed E-state index contributed by atoms with van der Waals surface area (Å²) in [6, 6.07) is 1.81. The first-order valence-electron chi connectivity index (χ1n) is 7.97. The molecule has 0 saturated heterocycles. The Bertz CT molecular complexity index is 397. The van der Waals surface area contributed by atoms with Crippen molar-refractivity contribution in [3.63, 3.8) is 0 Å². The highest BCUT2D eigenvalue weighted by molar-refractivity contribution is 5.27. The van der Waals surface area contributed by atoms with E-state index in [0.29, 0.717) is 18.4 Å². The maximum absolute atomic E-state index is 5.52. The molecule has 4 heteroatoms. The first-order chi connectivity index (χ1) is 9.78. The maximum Gasteiger partial charge on any atom is 0.225 e. The van der Waals surface area contributed by atoms with E-state index in [-0.39, 0.29) is 0 Å². The lowest BCUT2D eigenvalue weighted by Crippen LogP contribution is -2.17. The van der Waals surface area contributed by atoms with E-state index in [2.05, 4.69) is 29.1 Å². The van der Waals surface area contributed by atoms with Gasteiger partial charge in [0.05, 0.1) is 6.61 Å². The molecule has 0 radical (unpaired) electrons. The van der Waals surface area contributed by atoms with Gasteiger partial charge in [0, 0.05) is 18.8 Å². The van der Waals surface area contributed by atoms with E-state index >= 15 is 0 Å². The van der Waals surface area contributed by atoms with Gasteiger partial charge in [-0.2, -0.15) is 4.98 Å². The van der Waals surface area contributed by atoms with Crippen LogP contribution in [0.25, 0.3) is 0 Å². The summed E-state index contributed by atoms with van der Waals surface area (Å²) in [5.41, 5.74) is 0. The molecule has 2 atom stereocenters. The second-order valence-corrected chi connectivity index (χ2v) is 5.92. The monoisotopic (exact) mass is 277 g/mol. The summed E-state index contributed by atoms with van der Waals surface area (Å²) in [5, 5.41) is 3.32. The molecule has 1 N–H and O–H groups in total. The molecule has 2 unspecified atom stereocenters. The van der Waals surface area contributed by atoms with Crippen LogP contribution in [0, 0.1) is 11.8 Å². The van der Waals surface area contributed by atoms with Crippen LogP contribution in [0.5, 0.6) is 5.88 Å². The number of anilines is 1. The van der Waals surface area contributed by atoms with Crippen LogP contribution >= 0.6 is 0 Å². The van der Waals surface area contributed by atoms with E-state index in [1.165, 1.54) is 32.1 Å². The maximum atomic E-state index is 5.52. The van der Waals surface area contributed by atoms with Gasteiger partial charge in [0.2, 0.25) is 11.8 Å². The summed E-state index contributed by atoms with van der Waals surface area (Å²) in [7, 11) is 0. The van der Waals surface area contributed by atoms with Crippen LogP contribution in [0.3, 0.4) is 0 Å². The average Bonchev–Trinajstić information content (AvgIpc) is 2.46. The van der Waals surface area contributed by atoms with Gasteiger partial charge >= 0.3 is 0 Å². The Morgan fingerprint density at radius 3 is 3.10 bits per heavy atom. The average molecular weight is 277 g/mol. The van der Waals surface area contributed by atoms with Crippen molar-refractivity contribution in [2.45, 2.75) is 52.4 Å². The Hall–Kier alpha value is -1.32.